The van der Waals surface area contributed by atoms with E-state index in [0.29, 0.717) is 0 Å². The molecule has 2 nitrogen and oxygen atoms in total. The van der Waals surface area contributed by atoms with Crippen molar-refractivity contribution in [2.75, 3.05) is 7.05 Å². The zero-order chi connectivity index (χ0) is 25.9. The number of benzene rings is 4. The zero-order valence-corrected chi connectivity index (χ0v) is 22.3. The second-order valence-electron chi connectivity index (χ2n) is 9.70. The Balaban J connectivity index is 1.63. The average molecular weight is 511 g/mol. The van der Waals surface area contributed by atoms with Gasteiger partial charge in [0.1, 0.15) is 0 Å². The zero-order valence-electron chi connectivity index (χ0n) is 21.4. The number of hydrogen-bond donors (Lipinski definition) is 2. The van der Waals surface area contributed by atoms with Crippen LogP contribution in [-0.2, 0) is 0 Å². The summed E-state index contributed by atoms with van der Waals surface area (Å²) in [6, 6.07) is 35.0. The Morgan fingerprint density at radius 3 is 2.29 bits per heavy atom. The first-order valence-electron chi connectivity index (χ1n) is 13.1. The minimum absolute atomic E-state index is 0.0752. The lowest BCUT2D eigenvalue weighted by Crippen LogP contribution is -2.08. The summed E-state index contributed by atoms with van der Waals surface area (Å²) in [5.41, 5.74) is 8.60. The quantitative estimate of drug-likeness (QED) is 0.210. The summed E-state index contributed by atoms with van der Waals surface area (Å²) in [5, 5.41) is 13.8. The van der Waals surface area contributed by atoms with Gasteiger partial charge >= 0.3 is 0 Å². The monoisotopic (exact) mass is 510 g/mol. The minimum atomic E-state index is 0.0752. The van der Waals surface area contributed by atoms with Crippen LogP contribution in [0, 0.1) is 5.41 Å². The number of rotatable bonds is 7. The second kappa shape index (κ2) is 10.6. The lowest BCUT2D eigenvalue weighted by molar-refractivity contribution is 1.01. The highest BCUT2D eigenvalue weighted by molar-refractivity contribution is 7.26. The molecule has 38 heavy (non-hydrogen) atoms. The first-order chi connectivity index (χ1) is 18.7. The van der Waals surface area contributed by atoms with E-state index in [0.717, 1.165) is 24.1 Å². The first kappa shape index (κ1) is 24.1. The van der Waals surface area contributed by atoms with Crippen LogP contribution in [0.25, 0.3) is 31.4 Å². The lowest BCUT2D eigenvalue weighted by Gasteiger charge is -2.21. The maximum atomic E-state index is 7.65. The molecule has 2 N–H and O–H groups in total. The van der Waals surface area contributed by atoms with Crippen LogP contribution in [0.3, 0.4) is 0 Å². The lowest BCUT2D eigenvalue weighted by atomic mass is 9.85. The van der Waals surface area contributed by atoms with Gasteiger partial charge in [0.25, 0.3) is 0 Å². The van der Waals surface area contributed by atoms with Gasteiger partial charge in [-0.15, -0.1) is 11.3 Å². The molecule has 0 spiro atoms. The first-order valence-corrected chi connectivity index (χ1v) is 13.9. The Labute approximate surface area is 228 Å². The predicted octanol–water partition coefficient (Wildman–Crippen LogP) is 9.20. The van der Waals surface area contributed by atoms with Gasteiger partial charge in [-0.2, -0.15) is 0 Å². The van der Waals surface area contributed by atoms with E-state index in [1.54, 1.807) is 0 Å². The van der Waals surface area contributed by atoms with Gasteiger partial charge in [0, 0.05) is 45.0 Å². The maximum absolute atomic E-state index is 7.65. The van der Waals surface area contributed by atoms with E-state index >= 15 is 0 Å². The van der Waals surface area contributed by atoms with Crippen LogP contribution < -0.4 is 5.32 Å². The third-order valence-corrected chi connectivity index (χ3v) is 8.66. The molecule has 1 atom stereocenters. The van der Waals surface area contributed by atoms with Crippen LogP contribution in [0.4, 0.5) is 0 Å². The molecular weight excluding hydrogens is 480 g/mol. The number of hydrogen-bond acceptors (Lipinski definition) is 3. The normalized spacial score (nSPS) is 14.7. The third-order valence-electron chi connectivity index (χ3n) is 7.43. The van der Waals surface area contributed by atoms with E-state index in [-0.39, 0.29) is 5.92 Å². The highest BCUT2D eigenvalue weighted by atomic mass is 32.1. The van der Waals surface area contributed by atoms with Gasteiger partial charge in [-0.05, 0) is 70.5 Å². The Bertz CT molecular complexity index is 1710. The van der Waals surface area contributed by atoms with Gasteiger partial charge in [0.05, 0.1) is 0 Å². The molecule has 0 bridgehead atoms. The average Bonchev–Trinajstić information content (AvgIpc) is 3.37. The molecule has 1 unspecified atom stereocenters. The van der Waals surface area contributed by atoms with Crippen molar-refractivity contribution in [3.05, 3.63) is 143 Å². The Morgan fingerprint density at radius 2 is 1.58 bits per heavy atom. The van der Waals surface area contributed by atoms with Gasteiger partial charge in [-0.3, -0.25) is 0 Å². The van der Waals surface area contributed by atoms with Gasteiger partial charge in [0.2, 0.25) is 0 Å². The van der Waals surface area contributed by atoms with Gasteiger partial charge < -0.3 is 10.7 Å². The molecule has 4 aromatic carbocycles. The number of allylic oxidation sites excluding steroid dienone is 5. The molecule has 1 aliphatic rings. The highest BCUT2D eigenvalue weighted by Crippen LogP contribution is 2.43. The van der Waals surface area contributed by atoms with Crippen LogP contribution in [0.5, 0.6) is 0 Å². The van der Waals surface area contributed by atoms with Crippen molar-refractivity contribution >= 4 is 49.0 Å². The topological polar surface area (TPSA) is 35.9 Å². The molecule has 1 heterocycles. The standard InChI is InChI=1S/C35H30N2S/c1-37-33(27-12-6-3-7-13-27)22-30(26-10-4-2-5-11-26)32-21-28(25-18-16-24(23-36)17-19-25)20-31-29-14-8-9-15-34(29)38-35(31)32/h2-16,18,20-23,30,36-37H,17,19H2,1H3/b33-22-,36-23?. The van der Waals surface area contributed by atoms with Crippen molar-refractivity contribution in [2.24, 2.45) is 0 Å². The minimum Gasteiger partial charge on any atom is -0.388 e. The van der Waals surface area contributed by atoms with E-state index in [2.05, 4.69) is 121 Å². The predicted molar refractivity (Wildman–Crippen MR) is 165 cm³/mol. The van der Waals surface area contributed by atoms with Crippen LogP contribution in [0.2, 0.25) is 0 Å². The molecule has 3 heteroatoms. The fourth-order valence-electron chi connectivity index (χ4n) is 5.42. The molecule has 0 fully saturated rings. The summed E-state index contributed by atoms with van der Waals surface area (Å²) >= 11 is 1.89. The van der Waals surface area contributed by atoms with Crippen molar-refractivity contribution < 1.29 is 0 Å². The molecule has 1 aliphatic carbocycles. The Morgan fingerprint density at radius 1 is 0.842 bits per heavy atom. The van der Waals surface area contributed by atoms with Gasteiger partial charge in [-0.1, -0.05) is 91.0 Å². The Kier molecular flexibility index (Phi) is 6.76. The van der Waals surface area contributed by atoms with Crippen molar-refractivity contribution in [1.29, 1.82) is 5.41 Å². The molecule has 5 aromatic rings. The van der Waals surface area contributed by atoms with Crippen LogP contribution in [0.1, 0.15) is 41.0 Å². The van der Waals surface area contributed by atoms with Gasteiger partial charge in [-0.25, -0.2) is 0 Å². The number of fused-ring (bicyclic) bond motifs is 3. The van der Waals surface area contributed by atoms with E-state index in [1.807, 2.05) is 18.4 Å². The molecule has 6 rings (SSSR count). The summed E-state index contributed by atoms with van der Waals surface area (Å²) in [5.74, 6) is 0.0752. The SMILES string of the molecule is CN/C(=C\C(c1ccccc1)c1cc(C2=CC=C(C=N)CC2)cc2c1sc1ccccc12)c1ccccc1. The van der Waals surface area contributed by atoms with Crippen LogP contribution in [0.15, 0.2) is 121 Å². The van der Waals surface area contributed by atoms with Crippen LogP contribution in [-0.4, -0.2) is 13.3 Å². The molecule has 0 saturated carbocycles. The summed E-state index contributed by atoms with van der Waals surface area (Å²) in [6.45, 7) is 0. The van der Waals surface area contributed by atoms with E-state index in [4.69, 9.17) is 5.41 Å². The van der Waals surface area contributed by atoms with Crippen LogP contribution >= 0.6 is 11.3 Å². The Hall–Kier alpha value is -4.21. The van der Waals surface area contributed by atoms with Crippen molar-refractivity contribution in [2.45, 2.75) is 18.8 Å². The van der Waals surface area contributed by atoms with Crippen molar-refractivity contribution in [1.82, 2.24) is 5.32 Å². The summed E-state index contributed by atoms with van der Waals surface area (Å²) < 4.78 is 2.66. The van der Waals surface area contributed by atoms with E-state index in [9.17, 15) is 0 Å². The third kappa shape index (κ3) is 4.62. The van der Waals surface area contributed by atoms with Crippen molar-refractivity contribution in [3.8, 4) is 0 Å². The summed E-state index contributed by atoms with van der Waals surface area (Å²) in [7, 11) is 2.01. The molecule has 1 aromatic heterocycles. The molecule has 0 amide bonds. The fraction of sp³-hybridized carbons (Fsp3) is 0.114. The molecule has 186 valence electrons. The molecule has 0 aliphatic heterocycles. The molecule has 0 saturated heterocycles. The molecular formula is C35H30N2S. The van der Waals surface area contributed by atoms with Crippen molar-refractivity contribution in [3.63, 3.8) is 0 Å². The summed E-state index contributed by atoms with van der Waals surface area (Å²) in [6.07, 6.45) is 10.0. The maximum Gasteiger partial charge on any atom is 0.0397 e. The number of nitrogens with one attached hydrogen (secondary N) is 2. The van der Waals surface area contributed by atoms with E-state index < -0.39 is 0 Å². The smallest absolute Gasteiger partial charge is 0.0397 e. The van der Waals surface area contributed by atoms with Gasteiger partial charge in [0.15, 0.2) is 0 Å². The highest BCUT2D eigenvalue weighted by Gasteiger charge is 2.21. The fourth-order valence-corrected chi connectivity index (χ4v) is 6.66. The number of thiophene rings is 1. The van der Waals surface area contributed by atoms with E-state index in [1.165, 1.54) is 54.2 Å². The second-order valence-corrected chi connectivity index (χ2v) is 10.8. The molecule has 0 radical (unpaired) electrons. The summed E-state index contributed by atoms with van der Waals surface area (Å²) in [4.78, 5) is 0. The largest absolute Gasteiger partial charge is 0.388 e.